The van der Waals surface area contributed by atoms with Crippen LogP contribution in [0.5, 0.6) is 0 Å². The summed E-state index contributed by atoms with van der Waals surface area (Å²) in [6, 6.07) is 6.93. The molecule has 1 aromatic carbocycles. The molecule has 0 fully saturated rings. The minimum Gasteiger partial charge on any atom is -0.314 e. The van der Waals surface area contributed by atoms with Crippen LogP contribution in [0.2, 0.25) is 5.02 Å². The van der Waals surface area contributed by atoms with Crippen molar-refractivity contribution in [2.24, 2.45) is 11.8 Å². The average Bonchev–Trinajstić information content (AvgIpc) is 2.34. The third-order valence-corrected chi connectivity index (χ3v) is 4.23. The summed E-state index contributed by atoms with van der Waals surface area (Å²) in [6.07, 6.45) is 2.23. The van der Waals surface area contributed by atoms with Gasteiger partial charge in [0.25, 0.3) is 0 Å². The van der Waals surface area contributed by atoms with E-state index in [9.17, 15) is 0 Å². The molecule has 0 spiro atoms. The minimum atomic E-state index is 0.525. The Hall–Kier alpha value is -0.530. The highest BCUT2D eigenvalue weighted by Crippen LogP contribution is 2.26. The van der Waals surface area contributed by atoms with Crippen molar-refractivity contribution in [3.8, 4) is 0 Å². The van der Waals surface area contributed by atoms with Gasteiger partial charge in [-0.25, -0.2) is 0 Å². The van der Waals surface area contributed by atoms with Crippen molar-refractivity contribution in [2.75, 3.05) is 6.54 Å². The average molecular weight is 282 g/mol. The van der Waals surface area contributed by atoms with Gasteiger partial charge >= 0.3 is 0 Å². The normalized spacial score (nSPS) is 14.7. The second-order valence-corrected chi connectivity index (χ2v) is 6.36. The van der Waals surface area contributed by atoms with Gasteiger partial charge in [0.05, 0.1) is 0 Å². The number of aryl methyl sites for hydroxylation is 1. The molecule has 0 bridgehead atoms. The molecule has 0 aliphatic carbocycles. The van der Waals surface area contributed by atoms with Crippen molar-refractivity contribution < 1.29 is 0 Å². The summed E-state index contributed by atoms with van der Waals surface area (Å²) < 4.78 is 0. The van der Waals surface area contributed by atoms with Crippen molar-refractivity contribution in [1.82, 2.24) is 5.32 Å². The van der Waals surface area contributed by atoms with Crippen molar-refractivity contribution in [2.45, 2.75) is 53.5 Å². The third-order valence-electron chi connectivity index (χ3n) is 3.88. The maximum absolute atomic E-state index is 6.37. The van der Waals surface area contributed by atoms with Crippen LogP contribution >= 0.6 is 11.6 Å². The zero-order chi connectivity index (χ0) is 14.4. The SMILES string of the molecule is CCCNC(C)C(Cc1ccc(C)cc1Cl)C(C)C. The molecule has 0 amide bonds. The van der Waals surface area contributed by atoms with Gasteiger partial charge in [-0.3, -0.25) is 0 Å². The fourth-order valence-electron chi connectivity index (χ4n) is 2.59. The van der Waals surface area contributed by atoms with Gasteiger partial charge in [0, 0.05) is 11.1 Å². The van der Waals surface area contributed by atoms with Crippen LogP contribution in [-0.4, -0.2) is 12.6 Å². The Morgan fingerprint density at radius 1 is 1.21 bits per heavy atom. The van der Waals surface area contributed by atoms with Gasteiger partial charge in [0.1, 0.15) is 0 Å². The second kappa shape index (κ2) is 7.91. The van der Waals surface area contributed by atoms with Gasteiger partial charge in [-0.1, -0.05) is 44.5 Å². The zero-order valence-electron chi connectivity index (χ0n) is 13.0. The highest BCUT2D eigenvalue weighted by atomic mass is 35.5. The van der Waals surface area contributed by atoms with Crippen LogP contribution in [0.3, 0.4) is 0 Å². The van der Waals surface area contributed by atoms with E-state index in [0.717, 1.165) is 18.0 Å². The van der Waals surface area contributed by atoms with Crippen molar-refractivity contribution >= 4 is 11.6 Å². The topological polar surface area (TPSA) is 12.0 Å². The first-order valence-corrected chi connectivity index (χ1v) is 7.81. The van der Waals surface area contributed by atoms with Crippen LogP contribution in [0.4, 0.5) is 0 Å². The van der Waals surface area contributed by atoms with E-state index in [1.165, 1.54) is 17.5 Å². The third kappa shape index (κ3) is 5.16. The van der Waals surface area contributed by atoms with E-state index in [0.29, 0.717) is 17.9 Å². The van der Waals surface area contributed by atoms with E-state index in [1.54, 1.807) is 0 Å². The molecule has 0 aliphatic heterocycles. The number of benzene rings is 1. The molecule has 0 saturated carbocycles. The van der Waals surface area contributed by atoms with Crippen molar-refractivity contribution in [3.63, 3.8) is 0 Å². The molecule has 0 heterocycles. The zero-order valence-corrected chi connectivity index (χ0v) is 13.7. The standard InChI is InChI=1S/C17H28ClN/c1-6-9-19-14(5)16(12(2)3)11-15-8-7-13(4)10-17(15)18/h7-8,10,12,14,16,19H,6,9,11H2,1-5H3. The number of hydrogen-bond donors (Lipinski definition) is 1. The molecular weight excluding hydrogens is 254 g/mol. The Balaban J connectivity index is 2.77. The summed E-state index contributed by atoms with van der Waals surface area (Å²) >= 11 is 6.37. The quantitative estimate of drug-likeness (QED) is 0.753. The lowest BCUT2D eigenvalue weighted by Crippen LogP contribution is -2.37. The summed E-state index contributed by atoms with van der Waals surface area (Å²) in [7, 11) is 0. The van der Waals surface area contributed by atoms with Crippen LogP contribution in [0.25, 0.3) is 0 Å². The fourth-order valence-corrected chi connectivity index (χ4v) is 2.90. The Morgan fingerprint density at radius 2 is 1.89 bits per heavy atom. The molecule has 0 aliphatic rings. The number of hydrogen-bond acceptors (Lipinski definition) is 1. The maximum Gasteiger partial charge on any atom is 0.0440 e. The van der Waals surface area contributed by atoms with E-state index in [1.807, 2.05) is 0 Å². The van der Waals surface area contributed by atoms with Crippen LogP contribution in [0.15, 0.2) is 18.2 Å². The van der Waals surface area contributed by atoms with Crippen molar-refractivity contribution in [1.29, 1.82) is 0 Å². The molecule has 0 saturated heterocycles. The number of halogens is 1. The van der Waals surface area contributed by atoms with Crippen LogP contribution in [-0.2, 0) is 6.42 Å². The van der Waals surface area contributed by atoms with Crippen LogP contribution in [0.1, 0.15) is 45.2 Å². The summed E-state index contributed by atoms with van der Waals surface area (Å²) in [5.74, 6) is 1.27. The Labute approximate surface area is 123 Å². The first-order chi connectivity index (χ1) is 8.95. The lowest BCUT2D eigenvalue weighted by Gasteiger charge is -2.29. The van der Waals surface area contributed by atoms with E-state index >= 15 is 0 Å². The Kier molecular flexibility index (Phi) is 6.88. The molecule has 0 radical (unpaired) electrons. The summed E-state index contributed by atoms with van der Waals surface area (Å²) in [6.45, 7) is 12.3. The summed E-state index contributed by atoms with van der Waals surface area (Å²) in [5, 5.41) is 4.53. The smallest absolute Gasteiger partial charge is 0.0440 e. The largest absolute Gasteiger partial charge is 0.314 e. The minimum absolute atomic E-state index is 0.525. The van der Waals surface area contributed by atoms with Gasteiger partial charge in [-0.15, -0.1) is 0 Å². The fraction of sp³-hybridized carbons (Fsp3) is 0.647. The van der Waals surface area contributed by atoms with Gasteiger partial charge in [-0.2, -0.15) is 0 Å². The maximum atomic E-state index is 6.37. The van der Waals surface area contributed by atoms with Gasteiger partial charge < -0.3 is 5.32 Å². The van der Waals surface area contributed by atoms with E-state index in [2.05, 4.69) is 58.1 Å². The first-order valence-electron chi connectivity index (χ1n) is 7.44. The molecule has 0 aromatic heterocycles. The lowest BCUT2D eigenvalue weighted by molar-refractivity contribution is 0.289. The molecule has 2 heteroatoms. The second-order valence-electron chi connectivity index (χ2n) is 5.95. The van der Waals surface area contributed by atoms with E-state index in [4.69, 9.17) is 11.6 Å². The Morgan fingerprint density at radius 3 is 2.42 bits per heavy atom. The lowest BCUT2D eigenvalue weighted by atomic mass is 9.83. The van der Waals surface area contributed by atoms with Gasteiger partial charge in [-0.05, 0) is 62.3 Å². The van der Waals surface area contributed by atoms with Gasteiger partial charge in [0.15, 0.2) is 0 Å². The number of rotatable bonds is 7. The molecule has 1 nitrogen and oxygen atoms in total. The predicted octanol–water partition coefficient (Wildman–Crippen LogP) is 4.85. The number of nitrogens with one attached hydrogen (secondary N) is 1. The molecule has 2 unspecified atom stereocenters. The van der Waals surface area contributed by atoms with Crippen LogP contribution < -0.4 is 5.32 Å². The first kappa shape index (κ1) is 16.5. The Bertz CT molecular complexity index is 387. The molecule has 1 N–H and O–H groups in total. The predicted molar refractivity (Wildman–Crippen MR) is 86.0 cm³/mol. The molecular formula is C17H28ClN. The van der Waals surface area contributed by atoms with Crippen LogP contribution in [0, 0.1) is 18.8 Å². The van der Waals surface area contributed by atoms with E-state index in [-0.39, 0.29) is 0 Å². The summed E-state index contributed by atoms with van der Waals surface area (Å²) in [5.41, 5.74) is 2.50. The molecule has 2 atom stereocenters. The van der Waals surface area contributed by atoms with Crippen molar-refractivity contribution in [3.05, 3.63) is 34.3 Å². The highest BCUT2D eigenvalue weighted by molar-refractivity contribution is 6.31. The molecule has 108 valence electrons. The van der Waals surface area contributed by atoms with Gasteiger partial charge in [0.2, 0.25) is 0 Å². The van der Waals surface area contributed by atoms with E-state index < -0.39 is 0 Å². The highest BCUT2D eigenvalue weighted by Gasteiger charge is 2.21. The molecule has 19 heavy (non-hydrogen) atoms. The molecule has 1 rings (SSSR count). The summed E-state index contributed by atoms with van der Waals surface area (Å²) in [4.78, 5) is 0. The monoisotopic (exact) mass is 281 g/mol. The molecule has 1 aromatic rings.